The number of carboxylic acid groups (broad SMARTS) is 1. The van der Waals surface area contributed by atoms with Crippen molar-refractivity contribution in [2.24, 2.45) is 0 Å². The number of anilines is 2. The highest BCUT2D eigenvalue weighted by Crippen LogP contribution is 2.35. The van der Waals surface area contributed by atoms with Gasteiger partial charge >= 0.3 is 5.97 Å². The van der Waals surface area contributed by atoms with Crippen LogP contribution in [0, 0.1) is 17.0 Å². The molecule has 25 heavy (non-hydrogen) atoms. The summed E-state index contributed by atoms with van der Waals surface area (Å²) in [5.41, 5.74) is 2.12. The van der Waals surface area contributed by atoms with Crippen LogP contribution in [0.5, 0.6) is 5.75 Å². The van der Waals surface area contributed by atoms with Crippen LogP contribution in [0.3, 0.4) is 0 Å². The summed E-state index contributed by atoms with van der Waals surface area (Å²) in [6.07, 6.45) is 0. The van der Waals surface area contributed by atoms with Gasteiger partial charge in [0, 0.05) is 28.9 Å². The zero-order chi connectivity index (χ0) is 18.1. The Labute approximate surface area is 142 Å². The first-order valence-electron chi connectivity index (χ1n) is 7.35. The Morgan fingerprint density at radius 1 is 1.24 bits per heavy atom. The molecule has 0 bridgehead atoms. The normalized spacial score (nSPS) is 10.6. The van der Waals surface area contributed by atoms with Crippen molar-refractivity contribution >= 4 is 33.9 Å². The molecule has 8 nitrogen and oxygen atoms in total. The van der Waals surface area contributed by atoms with Crippen LogP contribution in [0.1, 0.15) is 16.1 Å². The number of methoxy groups -OCH3 is 1. The second-order valence-corrected chi connectivity index (χ2v) is 5.47. The molecule has 0 amide bonds. The van der Waals surface area contributed by atoms with Crippen LogP contribution in [0.4, 0.5) is 17.1 Å². The average molecular weight is 341 g/mol. The van der Waals surface area contributed by atoms with Gasteiger partial charge in [0.1, 0.15) is 17.0 Å². The van der Waals surface area contributed by atoms with Crippen LogP contribution in [0.25, 0.3) is 10.9 Å². The van der Waals surface area contributed by atoms with Crippen LogP contribution < -0.4 is 10.1 Å². The molecular weight excluding hydrogens is 326 g/mol. The molecule has 0 radical (unpaired) electrons. The highest BCUT2D eigenvalue weighted by atomic mass is 16.6. The Kier molecular flexibility index (Phi) is 4.02. The fourth-order valence-corrected chi connectivity index (χ4v) is 2.59. The predicted molar refractivity (Wildman–Crippen MR) is 92.9 cm³/mol. The van der Waals surface area contributed by atoms with E-state index in [0.717, 1.165) is 11.3 Å². The molecule has 0 saturated heterocycles. The first kappa shape index (κ1) is 16.3. The molecule has 0 aliphatic carbocycles. The second kappa shape index (κ2) is 6.16. The number of aryl methyl sites for hydroxylation is 1. The van der Waals surface area contributed by atoms with E-state index < -0.39 is 10.9 Å². The number of rotatable bonds is 5. The molecule has 3 aromatic rings. The lowest BCUT2D eigenvalue weighted by atomic mass is 10.1. The summed E-state index contributed by atoms with van der Waals surface area (Å²) in [5.74, 6) is -0.527. The first-order chi connectivity index (χ1) is 11.9. The summed E-state index contributed by atoms with van der Waals surface area (Å²) < 4.78 is 5.21. The molecule has 0 aliphatic rings. The maximum absolute atomic E-state index is 11.2. The van der Waals surface area contributed by atoms with Gasteiger partial charge in [-0.3, -0.25) is 10.1 Å². The van der Waals surface area contributed by atoms with Gasteiger partial charge in [-0.2, -0.15) is 0 Å². The van der Waals surface area contributed by atoms with Crippen molar-refractivity contribution in [2.45, 2.75) is 6.92 Å². The van der Waals surface area contributed by atoms with E-state index in [1.807, 2.05) is 19.1 Å². The van der Waals surface area contributed by atoms with E-state index >= 15 is 0 Å². The second-order valence-electron chi connectivity index (χ2n) is 5.47. The Balaban J connectivity index is 2.15. The van der Waals surface area contributed by atoms with Crippen LogP contribution in [0.2, 0.25) is 0 Å². The number of nitrogens with one attached hydrogen (secondary N) is 2. The van der Waals surface area contributed by atoms with E-state index in [-0.39, 0.29) is 16.9 Å². The van der Waals surface area contributed by atoms with Gasteiger partial charge in [-0.1, -0.05) is 6.07 Å². The third-order valence-corrected chi connectivity index (χ3v) is 3.91. The lowest BCUT2D eigenvalue weighted by molar-refractivity contribution is -0.383. The van der Waals surface area contributed by atoms with E-state index in [0.29, 0.717) is 16.8 Å². The van der Waals surface area contributed by atoms with E-state index in [2.05, 4.69) is 10.3 Å². The van der Waals surface area contributed by atoms with Gasteiger partial charge in [0.25, 0.3) is 5.69 Å². The molecule has 3 N–H and O–H groups in total. The first-order valence-corrected chi connectivity index (χ1v) is 7.35. The van der Waals surface area contributed by atoms with Crippen molar-refractivity contribution in [3.63, 3.8) is 0 Å². The van der Waals surface area contributed by atoms with Crippen molar-refractivity contribution in [3.05, 3.63) is 57.8 Å². The van der Waals surface area contributed by atoms with Gasteiger partial charge in [0.15, 0.2) is 0 Å². The molecule has 1 aromatic heterocycles. The number of nitro benzene ring substituents is 1. The molecule has 0 unspecified atom stereocenters. The number of hydrogen-bond donors (Lipinski definition) is 3. The van der Waals surface area contributed by atoms with Crippen LogP contribution in [-0.2, 0) is 0 Å². The molecule has 0 saturated carbocycles. The molecular formula is C17H15N3O5. The number of nitro groups is 1. The third-order valence-electron chi connectivity index (χ3n) is 3.91. The number of H-pyrrole nitrogens is 1. The molecule has 1 heterocycles. The van der Waals surface area contributed by atoms with Gasteiger partial charge < -0.3 is 20.1 Å². The predicted octanol–water partition coefficient (Wildman–Crippen LogP) is 3.83. The number of benzene rings is 2. The molecule has 0 aliphatic heterocycles. The Morgan fingerprint density at radius 3 is 2.64 bits per heavy atom. The fraction of sp³-hybridized carbons (Fsp3) is 0.118. The number of nitrogens with zero attached hydrogens (tertiary/aromatic N) is 1. The summed E-state index contributed by atoms with van der Waals surface area (Å²) in [7, 11) is 1.56. The lowest BCUT2D eigenvalue weighted by Gasteiger charge is -2.12. The molecule has 2 aromatic carbocycles. The van der Waals surface area contributed by atoms with Gasteiger partial charge in [0.05, 0.1) is 12.0 Å². The van der Waals surface area contributed by atoms with Crippen molar-refractivity contribution in [1.82, 2.24) is 4.98 Å². The fourth-order valence-electron chi connectivity index (χ4n) is 2.59. The van der Waals surface area contributed by atoms with Crippen LogP contribution in [0.15, 0.2) is 36.4 Å². The number of fused-ring (bicyclic) bond motifs is 1. The van der Waals surface area contributed by atoms with Crippen LogP contribution >= 0.6 is 0 Å². The highest BCUT2D eigenvalue weighted by Gasteiger charge is 2.20. The maximum atomic E-state index is 11.2. The molecule has 3 rings (SSSR count). The molecule has 0 spiro atoms. The summed E-state index contributed by atoms with van der Waals surface area (Å²) in [5, 5.41) is 24.0. The summed E-state index contributed by atoms with van der Waals surface area (Å²) >= 11 is 0. The number of aromatic amines is 1. The molecule has 0 atom stereocenters. The van der Waals surface area contributed by atoms with E-state index in [9.17, 15) is 20.0 Å². The Hall–Kier alpha value is -3.55. The summed E-state index contributed by atoms with van der Waals surface area (Å²) in [6, 6.07) is 9.77. The molecule has 8 heteroatoms. The molecule has 128 valence electrons. The number of aromatic nitrogens is 1. The number of non-ortho nitro benzene ring substituents is 1. The number of aromatic carboxylic acids is 1. The summed E-state index contributed by atoms with van der Waals surface area (Å²) in [6.45, 7) is 1.91. The van der Waals surface area contributed by atoms with E-state index in [4.69, 9.17) is 4.74 Å². The number of hydrogen-bond acceptors (Lipinski definition) is 5. The Morgan fingerprint density at radius 2 is 2.00 bits per heavy atom. The number of ether oxygens (including phenoxy) is 1. The summed E-state index contributed by atoms with van der Waals surface area (Å²) in [4.78, 5) is 24.5. The van der Waals surface area contributed by atoms with Crippen molar-refractivity contribution in [2.75, 3.05) is 12.4 Å². The Bertz CT molecular complexity index is 993. The smallest absolute Gasteiger partial charge is 0.352 e. The minimum atomic E-state index is -1.19. The number of carbonyl (C=O) groups is 1. The topological polar surface area (TPSA) is 117 Å². The van der Waals surface area contributed by atoms with Crippen molar-refractivity contribution in [1.29, 1.82) is 0 Å². The quantitative estimate of drug-likeness (QED) is 0.479. The standard InChI is InChI=1S/C17H15N3O5/c1-9-3-4-10(25-2)7-13(9)18-12-5-6-15(20(23)24)16-11(12)8-14(19-16)17(21)22/h3-8,18-19H,1-2H3,(H,21,22). The van der Waals surface area contributed by atoms with E-state index in [1.54, 1.807) is 19.2 Å². The maximum Gasteiger partial charge on any atom is 0.352 e. The largest absolute Gasteiger partial charge is 0.497 e. The third kappa shape index (κ3) is 2.97. The van der Waals surface area contributed by atoms with Gasteiger partial charge in [-0.15, -0.1) is 0 Å². The average Bonchev–Trinajstić information content (AvgIpc) is 3.02. The van der Waals surface area contributed by atoms with Gasteiger partial charge in [0.2, 0.25) is 0 Å². The zero-order valence-electron chi connectivity index (χ0n) is 13.5. The zero-order valence-corrected chi connectivity index (χ0v) is 13.5. The van der Waals surface area contributed by atoms with Gasteiger partial charge in [-0.05, 0) is 30.7 Å². The molecule has 0 fully saturated rings. The van der Waals surface area contributed by atoms with Crippen LogP contribution in [-0.4, -0.2) is 28.1 Å². The number of carboxylic acids is 1. The highest BCUT2D eigenvalue weighted by molar-refractivity contribution is 6.03. The van der Waals surface area contributed by atoms with Crippen molar-refractivity contribution in [3.8, 4) is 5.75 Å². The van der Waals surface area contributed by atoms with Gasteiger partial charge in [-0.25, -0.2) is 4.79 Å². The minimum Gasteiger partial charge on any atom is -0.497 e. The van der Waals surface area contributed by atoms with Crippen molar-refractivity contribution < 1.29 is 19.6 Å². The lowest BCUT2D eigenvalue weighted by Crippen LogP contribution is -1.96. The minimum absolute atomic E-state index is 0.116. The SMILES string of the molecule is COc1ccc(C)c(Nc2ccc([N+](=O)[O-])c3[nH]c(C(=O)O)cc23)c1. The van der Waals surface area contributed by atoms with E-state index in [1.165, 1.54) is 12.1 Å². The monoisotopic (exact) mass is 341 g/mol.